The minimum absolute atomic E-state index is 0.169. The molecule has 0 amide bonds. The number of piperidine rings is 1. The second-order valence-corrected chi connectivity index (χ2v) is 39.4. The van der Waals surface area contributed by atoms with Gasteiger partial charge in [0.05, 0.1) is 42.7 Å². The molecule has 4 atom stereocenters. The van der Waals surface area contributed by atoms with Crippen LogP contribution in [0.15, 0.2) is 297 Å². The van der Waals surface area contributed by atoms with Crippen LogP contribution >= 0.6 is 0 Å². The van der Waals surface area contributed by atoms with Crippen LogP contribution in [0, 0.1) is 48.5 Å². The number of benzene rings is 16. The SMILES string of the molecule is COc1cc(C)c2cc(COC(C)=O)c3c(c2c1)OC(c1ccccc1)(c1ccc(N(C)C)cc1)C=C3.COc1ccc(C2(c3ccc(N(C)C)cc3)C=Cc3c(C)cc4c(C)cc(N(C)C)cc4c3O2)cc1.COc1ccc(C2(c3ccc(N(C)C)cc3)C=Cc3c(C)cc4c(C)cc(OC)cc4c3O2)cc1.COc1ccc(C2(c3ccc(N4CCCCC4)cc3)C=Cc3c(C)cc4cc(C)c(OC)cc4c3O2)cc1. The molecule has 146 heavy (non-hydrogen) atoms. The first-order valence-corrected chi connectivity index (χ1v) is 49.9. The van der Waals surface area contributed by atoms with Gasteiger partial charge in [0, 0.05) is 199 Å². The van der Waals surface area contributed by atoms with E-state index in [0.29, 0.717) is 0 Å². The minimum atomic E-state index is -0.844. The van der Waals surface area contributed by atoms with E-state index >= 15 is 0 Å². The molecule has 0 aromatic heterocycles. The highest BCUT2D eigenvalue weighted by molar-refractivity contribution is 6.01. The molecule has 17 nitrogen and oxygen atoms in total. The summed E-state index contributed by atoms with van der Waals surface area (Å²) >= 11 is 0. The van der Waals surface area contributed by atoms with Gasteiger partial charge in [-0.05, 0) is 292 Å². The number of ether oxygens (including phenoxy) is 11. The van der Waals surface area contributed by atoms with Crippen LogP contribution in [0.2, 0.25) is 0 Å². The molecule has 5 aliphatic heterocycles. The van der Waals surface area contributed by atoms with Gasteiger partial charge < -0.3 is 76.6 Å². The molecule has 0 saturated carbocycles. The van der Waals surface area contributed by atoms with E-state index in [-0.39, 0.29) is 12.6 Å². The summed E-state index contributed by atoms with van der Waals surface area (Å²) in [5.41, 5.74) is 24.4. The maximum Gasteiger partial charge on any atom is 0.302 e. The molecule has 0 spiro atoms. The predicted molar refractivity (Wildman–Crippen MR) is 600 cm³/mol. The van der Waals surface area contributed by atoms with Gasteiger partial charge >= 0.3 is 5.97 Å². The summed E-state index contributed by atoms with van der Waals surface area (Å²) in [5, 5.41) is 8.76. The summed E-state index contributed by atoms with van der Waals surface area (Å²) in [6.07, 6.45) is 21.3. The molecule has 21 rings (SSSR count). The molecule has 17 heteroatoms. The number of fused-ring (bicyclic) bond motifs is 12. The Morgan fingerprint density at radius 2 is 0.616 bits per heavy atom. The standard InChI is InChI=1S/C34H35NO3.C32H34N2O2.C32H31NO4.C31H31NO3/c1-23-20-25-21-24(2)32(37-4)22-31(25)33-30(23)16-17-34(38-33,27-10-14-29(36-3)15-11-27)26-8-12-28(13-9-26)35-18-6-5-7-19-35;1-21-18-26(34(5)6)20-30-29(21)19-22(2)28-16-17-32(36-31(28)30,24-10-14-27(35-7)15-11-24)23-8-12-25(13-9-23)33(3)4;1-21-17-27(35-5)19-30-29(21)18-23(20-36-22(2)34)28-15-16-32(37-31(28)30,24-9-7-6-8-10-24)25-11-13-26(14-12-25)33(3)4;1-20-17-26(34-6)19-29-28(20)18-21(2)27-15-16-31(35-30(27)29,23-9-13-25(33-5)14-10-23)22-7-11-24(12-8-22)32(3)4/h8-17,20-22H,5-7,18-19H2,1-4H3;8-20H,1-7H3;6-19H,20H2,1-5H3;7-19H,1-6H3. The third kappa shape index (κ3) is 19.3. The molecule has 5 heterocycles. The molecule has 4 unspecified atom stereocenters. The number of carbonyl (C=O) groups is 1. The van der Waals surface area contributed by atoms with Gasteiger partial charge in [0.25, 0.3) is 0 Å². The summed E-state index contributed by atoms with van der Waals surface area (Å²) in [6.45, 7) is 18.7. The van der Waals surface area contributed by atoms with Crippen molar-refractivity contribution in [3.05, 3.63) is 409 Å². The van der Waals surface area contributed by atoms with E-state index < -0.39 is 22.4 Å². The molecule has 1 saturated heterocycles. The van der Waals surface area contributed by atoms with Crippen molar-refractivity contribution in [1.82, 2.24) is 0 Å². The van der Waals surface area contributed by atoms with Crippen molar-refractivity contribution in [2.45, 2.75) is 104 Å². The Kier molecular flexibility index (Phi) is 28.6. The van der Waals surface area contributed by atoms with Crippen LogP contribution in [0.5, 0.6) is 57.5 Å². The van der Waals surface area contributed by atoms with E-state index in [2.05, 4.69) is 356 Å². The van der Waals surface area contributed by atoms with Crippen LogP contribution in [0.3, 0.4) is 0 Å². The van der Waals surface area contributed by atoms with Crippen LogP contribution in [0.1, 0.15) is 137 Å². The van der Waals surface area contributed by atoms with Gasteiger partial charge in [-0.1, -0.05) is 158 Å². The van der Waals surface area contributed by atoms with Gasteiger partial charge in [0.1, 0.15) is 64.1 Å². The molecule has 1 fully saturated rings. The van der Waals surface area contributed by atoms with Crippen molar-refractivity contribution < 1.29 is 56.9 Å². The third-order valence-electron chi connectivity index (χ3n) is 29.3. The second kappa shape index (κ2) is 41.7. The molecule has 0 radical (unpaired) electrons. The quantitative estimate of drug-likeness (QED) is 0.0631. The number of hydrogen-bond acceptors (Lipinski definition) is 17. The lowest BCUT2D eigenvalue weighted by Gasteiger charge is -2.37. The fourth-order valence-electron chi connectivity index (χ4n) is 20.9. The lowest BCUT2D eigenvalue weighted by molar-refractivity contribution is -0.142. The number of carbonyl (C=O) groups excluding carboxylic acids is 1. The van der Waals surface area contributed by atoms with Crippen LogP contribution in [-0.2, 0) is 38.5 Å². The Labute approximate surface area is 859 Å². The fourth-order valence-corrected chi connectivity index (χ4v) is 20.9. The zero-order valence-electron chi connectivity index (χ0n) is 88.0. The Balaban J connectivity index is 0.000000128. The fraction of sp³-hybridized carbons (Fsp3) is 0.248. The van der Waals surface area contributed by atoms with E-state index in [0.717, 1.165) is 215 Å². The van der Waals surface area contributed by atoms with Crippen molar-refractivity contribution in [3.8, 4) is 57.5 Å². The first-order chi connectivity index (χ1) is 70.4. The first kappa shape index (κ1) is 100. The molecule has 16 aromatic rings. The average molecular weight is 1940 g/mol. The van der Waals surface area contributed by atoms with Crippen molar-refractivity contribution in [3.63, 3.8) is 0 Å². The Morgan fingerprint density at radius 1 is 0.295 bits per heavy atom. The maximum absolute atomic E-state index is 11.7. The summed E-state index contributed by atoms with van der Waals surface area (Å²) in [4.78, 5) is 22.6. The third-order valence-corrected chi connectivity index (χ3v) is 29.3. The number of rotatable bonds is 21. The van der Waals surface area contributed by atoms with Crippen LogP contribution in [0.25, 0.3) is 67.4 Å². The molecule has 0 aliphatic carbocycles. The molecular weight excluding hydrogens is 1810 g/mol. The lowest BCUT2D eigenvalue weighted by Crippen LogP contribution is -2.35. The normalized spacial score (nSPS) is 17.0. The number of anilines is 5. The first-order valence-electron chi connectivity index (χ1n) is 49.9. The average Bonchev–Trinajstić information content (AvgIpc) is 0.740. The largest absolute Gasteiger partial charge is 0.497 e. The molecule has 0 N–H and O–H groups in total. The second-order valence-electron chi connectivity index (χ2n) is 39.4. The van der Waals surface area contributed by atoms with Crippen molar-refractivity contribution in [1.29, 1.82) is 0 Å². The van der Waals surface area contributed by atoms with E-state index in [1.165, 1.54) is 64.9 Å². The topological polar surface area (TPSA) is 135 Å². The van der Waals surface area contributed by atoms with Gasteiger partial charge in [0.2, 0.25) is 0 Å². The number of esters is 1. The maximum atomic E-state index is 11.7. The summed E-state index contributed by atoms with van der Waals surface area (Å²) < 4.78 is 67.3. The molecule has 5 aliphatic rings. The van der Waals surface area contributed by atoms with E-state index in [9.17, 15) is 4.79 Å². The van der Waals surface area contributed by atoms with Crippen molar-refractivity contribution in [2.24, 2.45) is 0 Å². The molecular formula is C129H131N5O12. The lowest BCUT2D eigenvalue weighted by atomic mass is 9.82. The van der Waals surface area contributed by atoms with Crippen molar-refractivity contribution in [2.75, 3.05) is 137 Å². The Morgan fingerprint density at radius 3 is 0.986 bits per heavy atom. The van der Waals surface area contributed by atoms with Crippen LogP contribution in [-0.4, -0.2) is 118 Å². The number of hydrogen-bond donors (Lipinski definition) is 0. The number of aryl methyl sites for hydroxylation is 7. The smallest absolute Gasteiger partial charge is 0.302 e. The Hall–Kier alpha value is -16.0. The highest BCUT2D eigenvalue weighted by Gasteiger charge is 2.44. The van der Waals surface area contributed by atoms with Crippen molar-refractivity contribution >= 4 is 102 Å². The Bertz CT molecular complexity index is 7680. The number of nitrogens with zero attached hydrogens (tertiary/aromatic N) is 5. The van der Waals surface area contributed by atoms with Gasteiger partial charge in [-0.25, -0.2) is 0 Å². The molecule has 744 valence electrons. The zero-order chi connectivity index (χ0) is 103. The zero-order valence-corrected chi connectivity index (χ0v) is 88.0. The van der Waals surface area contributed by atoms with Gasteiger partial charge in [-0.15, -0.1) is 0 Å². The van der Waals surface area contributed by atoms with E-state index in [1.54, 1.807) is 42.7 Å². The molecule has 16 aromatic carbocycles. The van der Waals surface area contributed by atoms with Gasteiger partial charge in [-0.3, -0.25) is 4.79 Å². The van der Waals surface area contributed by atoms with E-state index in [1.807, 2.05) is 94.9 Å². The van der Waals surface area contributed by atoms with Gasteiger partial charge in [0.15, 0.2) is 22.4 Å². The summed E-state index contributed by atoms with van der Waals surface area (Å²) in [5.74, 6) is 8.01. The summed E-state index contributed by atoms with van der Waals surface area (Å²) in [7, 11) is 26.6. The summed E-state index contributed by atoms with van der Waals surface area (Å²) in [6, 6.07) is 95.2. The molecule has 0 bridgehead atoms. The minimum Gasteiger partial charge on any atom is -0.497 e. The van der Waals surface area contributed by atoms with Crippen LogP contribution in [0.4, 0.5) is 28.4 Å². The van der Waals surface area contributed by atoms with E-state index in [4.69, 9.17) is 52.1 Å². The predicted octanol–water partition coefficient (Wildman–Crippen LogP) is 28.3. The highest BCUT2D eigenvalue weighted by Crippen LogP contribution is 2.55. The number of methoxy groups -OCH3 is 6. The van der Waals surface area contributed by atoms with Gasteiger partial charge in [-0.2, -0.15) is 0 Å². The monoisotopic (exact) mass is 1940 g/mol. The van der Waals surface area contributed by atoms with Crippen LogP contribution < -0.4 is 71.9 Å². The highest BCUT2D eigenvalue weighted by atomic mass is 16.5.